The van der Waals surface area contributed by atoms with Gasteiger partial charge in [0.05, 0.1) is 21.6 Å². The third-order valence-corrected chi connectivity index (χ3v) is 8.72. The van der Waals surface area contributed by atoms with Gasteiger partial charge in [-0.2, -0.15) is 0 Å². The van der Waals surface area contributed by atoms with Gasteiger partial charge in [0.15, 0.2) is 0 Å². The van der Waals surface area contributed by atoms with Crippen LogP contribution in [0.1, 0.15) is 35.0 Å². The molecule has 0 radical (unpaired) electrons. The van der Waals surface area contributed by atoms with Crippen molar-refractivity contribution in [3.8, 4) is 10.4 Å². The number of benzene rings is 1. The summed E-state index contributed by atoms with van der Waals surface area (Å²) in [5, 5.41) is 6.18. The number of carbonyl (C=O) groups is 2. The van der Waals surface area contributed by atoms with E-state index < -0.39 is 0 Å². The van der Waals surface area contributed by atoms with Crippen molar-refractivity contribution < 1.29 is 9.59 Å². The van der Waals surface area contributed by atoms with E-state index in [1.165, 1.54) is 17.4 Å². The fourth-order valence-electron chi connectivity index (χ4n) is 5.70. The van der Waals surface area contributed by atoms with Crippen LogP contribution in [0.25, 0.3) is 21.5 Å². The zero-order valence-electron chi connectivity index (χ0n) is 20.6. The van der Waals surface area contributed by atoms with Gasteiger partial charge < -0.3 is 14.8 Å². The summed E-state index contributed by atoms with van der Waals surface area (Å²) in [6, 6.07) is 14.0. The summed E-state index contributed by atoms with van der Waals surface area (Å²) < 4.78 is 2.17. The van der Waals surface area contributed by atoms with E-state index in [1.807, 2.05) is 48.3 Å². The van der Waals surface area contributed by atoms with Crippen molar-refractivity contribution >= 4 is 45.8 Å². The van der Waals surface area contributed by atoms with E-state index in [0.717, 1.165) is 59.5 Å². The summed E-state index contributed by atoms with van der Waals surface area (Å²) in [6.45, 7) is 5.17. The molecule has 4 aromatic rings. The summed E-state index contributed by atoms with van der Waals surface area (Å²) in [4.78, 5) is 38.0. The maximum Gasteiger partial charge on any atom is 0.268 e. The van der Waals surface area contributed by atoms with E-state index >= 15 is 0 Å². The molecule has 1 saturated heterocycles. The molecule has 0 bridgehead atoms. The van der Waals surface area contributed by atoms with Crippen LogP contribution < -0.4 is 10.6 Å². The van der Waals surface area contributed by atoms with Crippen molar-refractivity contribution in [2.24, 2.45) is 5.41 Å². The van der Waals surface area contributed by atoms with Gasteiger partial charge in [0.25, 0.3) is 5.91 Å². The molecule has 37 heavy (non-hydrogen) atoms. The number of carbonyl (C=O) groups excluding carboxylic acids is 2. The normalized spacial score (nSPS) is 20.7. The molecule has 8 nitrogen and oxygen atoms in total. The molecule has 1 aromatic carbocycles. The van der Waals surface area contributed by atoms with Crippen molar-refractivity contribution in [1.29, 1.82) is 0 Å². The maximum atomic E-state index is 13.3. The zero-order valence-corrected chi connectivity index (χ0v) is 21.4. The molecule has 0 unspecified atom stereocenters. The Hall–Kier alpha value is -3.98. The number of likely N-dealkylation sites (tertiary alicyclic amines) is 1. The Kier molecular flexibility index (Phi) is 5.79. The van der Waals surface area contributed by atoms with E-state index in [-0.39, 0.29) is 23.3 Å². The first-order valence-corrected chi connectivity index (χ1v) is 13.2. The van der Waals surface area contributed by atoms with Crippen LogP contribution in [0.5, 0.6) is 0 Å². The molecule has 0 atom stereocenters. The van der Waals surface area contributed by atoms with Crippen LogP contribution in [-0.4, -0.2) is 51.4 Å². The monoisotopic (exact) mass is 512 g/mol. The van der Waals surface area contributed by atoms with Crippen LogP contribution in [0.15, 0.2) is 67.5 Å². The molecule has 2 fully saturated rings. The van der Waals surface area contributed by atoms with Crippen molar-refractivity contribution in [1.82, 2.24) is 19.4 Å². The number of pyridine rings is 1. The highest BCUT2D eigenvalue weighted by molar-refractivity contribution is 7.17. The van der Waals surface area contributed by atoms with Gasteiger partial charge in [0, 0.05) is 49.0 Å². The van der Waals surface area contributed by atoms with Gasteiger partial charge in [-0.05, 0) is 61.1 Å². The standard InChI is InChI=1S/C28H28N6O2S/c1-3-25(35)33-11-10-28(17-33)13-20(14-28)34-22-7-5-4-6-21(22)31-27(34)32-26(36)24-9-8-23(37-24)18-12-19(29-2)16-30-15-18/h3-9,12,15-16,20,29H,1,10-11,13-14,17H2,2H3,(H,31,32,36)/t20-,28-. The molecule has 188 valence electrons. The van der Waals surface area contributed by atoms with E-state index in [9.17, 15) is 9.59 Å². The van der Waals surface area contributed by atoms with Crippen molar-refractivity contribution in [3.63, 3.8) is 0 Å². The van der Waals surface area contributed by atoms with Crippen LogP contribution in [0.4, 0.5) is 11.6 Å². The topological polar surface area (TPSA) is 92.2 Å². The number of hydrogen-bond acceptors (Lipinski definition) is 6. The minimum atomic E-state index is -0.178. The van der Waals surface area contributed by atoms with E-state index in [2.05, 4.69) is 32.8 Å². The molecule has 6 rings (SSSR count). The van der Waals surface area contributed by atoms with Gasteiger partial charge in [-0.15, -0.1) is 11.3 Å². The minimum absolute atomic E-state index is 0.00476. The molecule has 1 aliphatic heterocycles. The summed E-state index contributed by atoms with van der Waals surface area (Å²) >= 11 is 1.43. The Balaban J connectivity index is 1.23. The highest BCUT2D eigenvalue weighted by atomic mass is 32.1. The second kappa shape index (κ2) is 9.15. The molecule has 9 heteroatoms. The Morgan fingerprint density at radius 1 is 1.19 bits per heavy atom. The molecule has 1 aliphatic carbocycles. The summed E-state index contributed by atoms with van der Waals surface area (Å²) in [6.07, 6.45) is 7.87. The quantitative estimate of drug-likeness (QED) is 0.347. The summed E-state index contributed by atoms with van der Waals surface area (Å²) in [5.74, 6) is 0.394. The van der Waals surface area contributed by atoms with E-state index in [1.54, 1.807) is 12.4 Å². The number of imidazole rings is 1. The summed E-state index contributed by atoms with van der Waals surface area (Å²) in [5.41, 5.74) is 3.88. The first-order chi connectivity index (χ1) is 18.0. The molecule has 3 aromatic heterocycles. The molecule has 2 N–H and O–H groups in total. The van der Waals surface area contributed by atoms with Gasteiger partial charge in [-0.1, -0.05) is 18.7 Å². The average molecular weight is 513 g/mol. The maximum absolute atomic E-state index is 13.3. The Labute approximate surface area is 219 Å². The fourth-order valence-corrected chi connectivity index (χ4v) is 6.58. The number of anilines is 2. The Morgan fingerprint density at radius 2 is 2.03 bits per heavy atom. The third-order valence-electron chi connectivity index (χ3n) is 7.59. The lowest BCUT2D eigenvalue weighted by Gasteiger charge is -2.46. The van der Waals surface area contributed by atoms with Gasteiger partial charge >= 0.3 is 0 Å². The number of rotatable bonds is 6. The molecule has 1 spiro atoms. The second-order valence-corrected chi connectivity index (χ2v) is 11.0. The van der Waals surface area contributed by atoms with Crippen molar-refractivity contribution in [2.45, 2.75) is 25.3 Å². The lowest BCUT2D eigenvalue weighted by molar-refractivity contribution is -0.125. The molecule has 4 heterocycles. The van der Waals surface area contributed by atoms with Crippen LogP contribution in [0.3, 0.4) is 0 Å². The van der Waals surface area contributed by atoms with Crippen molar-refractivity contribution in [2.75, 3.05) is 30.8 Å². The average Bonchev–Trinajstić information content (AvgIpc) is 3.64. The molecular formula is C28H28N6O2S. The molecular weight excluding hydrogens is 484 g/mol. The first kappa shape index (κ1) is 23.4. The van der Waals surface area contributed by atoms with Crippen LogP contribution in [-0.2, 0) is 4.79 Å². The molecule has 1 saturated carbocycles. The number of para-hydroxylation sites is 2. The Morgan fingerprint density at radius 3 is 2.84 bits per heavy atom. The number of aromatic nitrogens is 3. The first-order valence-electron chi connectivity index (χ1n) is 12.4. The van der Waals surface area contributed by atoms with Crippen LogP contribution >= 0.6 is 11.3 Å². The highest BCUT2D eigenvalue weighted by Gasteiger charge is 2.50. The molecule has 2 aliphatic rings. The number of thiophene rings is 1. The lowest BCUT2D eigenvalue weighted by Crippen LogP contribution is -2.42. The van der Waals surface area contributed by atoms with Crippen molar-refractivity contribution in [3.05, 3.63) is 72.4 Å². The summed E-state index contributed by atoms with van der Waals surface area (Å²) in [7, 11) is 1.85. The van der Waals surface area contributed by atoms with Crippen LogP contribution in [0.2, 0.25) is 0 Å². The predicted molar refractivity (Wildman–Crippen MR) is 147 cm³/mol. The second-order valence-electron chi connectivity index (χ2n) is 9.90. The minimum Gasteiger partial charge on any atom is -0.387 e. The van der Waals surface area contributed by atoms with Gasteiger partial charge in [0.2, 0.25) is 11.9 Å². The number of nitrogens with one attached hydrogen (secondary N) is 2. The van der Waals surface area contributed by atoms with Gasteiger partial charge in [0.1, 0.15) is 0 Å². The predicted octanol–water partition coefficient (Wildman–Crippen LogP) is 5.19. The largest absolute Gasteiger partial charge is 0.387 e. The number of amides is 2. The van der Waals surface area contributed by atoms with E-state index in [0.29, 0.717) is 10.8 Å². The van der Waals surface area contributed by atoms with E-state index in [4.69, 9.17) is 4.98 Å². The van der Waals surface area contributed by atoms with Gasteiger partial charge in [-0.3, -0.25) is 19.9 Å². The number of nitrogens with zero attached hydrogens (tertiary/aromatic N) is 4. The molecule has 2 amide bonds. The number of hydrogen-bond donors (Lipinski definition) is 2. The fraction of sp³-hybridized carbons (Fsp3) is 0.286. The third kappa shape index (κ3) is 4.19. The highest BCUT2D eigenvalue weighted by Crippen LogP contribution is 2.55. The van der Waals surface area contributed by atoms with Gasteiger partial charge in [-0.25, -0.2) is 4.98 Å². The SMILES string of the molecule is C=CC(=O)N1CC[C@]2(C1)C[C@H](n1c(NC(=O)c3ccc(-c4cncc(NC)c4)s3)nc3ccccc31)C2. The smallest absolute Gasteiger partial charge is 0.268 e. The Bertz CT molecular complexity index is 1520. The van der Waals surface area contributed by atoms with Crippen LogP contribution in [0, 0.1) is 5.41 Å². The lowest BCUT2D eigenvalue weighted by atomic mass is 9.65. The zero-order chi connectivity index (χ0) is 25.6. The number of fused-ring (bicyclic) bond motifs is 1.